The second-order valence-electron chi connectivity index (χ2n) is 5.23. The van der Waals surface area contributed by atoms with Crippen molar-refractivity contribution in [2.24, 2.45) is 0 Å². The molecule has 0 spiro atoms. The fourth-order valence-electron chi connectivity index (χ4n) is 2.47. The molecule has 0 aliphatic heterocycles. The predicted molar refractivity (Wildman–Crippen MR) is 77.7 cm³/mol. The Balaban J connectivity index is 2.55. The molecule has 0 aliphatic rings. The van der Waals surface area contributed by atoms with E-state index in [1.807, 2.05) is 10.8 Å². The van der Waals surface area contributed by atoms with Gasteiger partial charge in [-0.1, -0.05) is 13.3 Å². The molecule has 2 rings (SSSR count). The number of carboxylic acids is 1. The van der Waals surface area contributed by atoms with Crippen LogP contribution in [0.3, 0.4) is 0 Å². The Morgan fingerprint density at radius 3 is 2.58 bits per heavy atom. The monoisotopic (exact) mass is 259 g/mol. The summed E-state index contributed by atoms with van der Waals surface area (Å²) in [5, 5.41) is 10.2. The normalized spacial score (nSPS) is 11.1. The maximum absolute atomic E-state index is 11.0. The Hall–Kier alpha value is -1.77. The minimum absolute atomic E-state index is 0.0329. The van der Waals surface area contributed by atoms with E-state index in [1.165, 1.54) is 22.1 Å². The molecule has 0 amide bonds. The number of carboxylic acid groups (broad SMARTS) is 1. The lowest BCUT2D eigenvalue weighted by atomic mass is 10.0. The predicted octanol–water partition coefficient (Wildman–Crippen LogP) is 3.69. The highest BCUT2D eigenvalue weighted by molar-refractivity contribution is 5.86. The van der Waals surface area contributed by atoms with E-state index >= 15 is 0 Å². The number of aryl methyl sites for hydroxylation is 3. The summed E-state index contributed by atoms with van der Waals surface area (Å²) in [6.45, 7) is 6.38. The van der Waals surface area contributed by atoms with E-state index in [0.29, 0.717) is 0 Å². The van der Waals surface area contributed by atoms with Gasteiger partial charge in [-0.05, 0) is 55.5 Å². The molecule has 0 aliphatic carbocycles. The molecule has 0 saturated carbocycles. The van der Waals surface area contributed by atoms with Crippen molar-refractivity contribution in [2.75, 3.05) is 0 Å². The van der Waals surface area contributed by atoms with Crippen LogP contribution in [0, 0.1) is 13.8 Å². The number of benzene rings is 1. The summed E-state index contributed by atoms with van der Waals surface area (Å²) in [4.78, 5) is 11.0. The number of hydrogen-bond acceptors (Lipinski definition) is 1. The van der Waals surface area contributed by atoms with Crippen LogP contribution in [-0.2, 0) is 17.8 Å². The molecule has 1 heterocycles. The number of aliphatic carboxylic acids is 1. The maximum atomic E-state index is 11.0. The van der Waals surface area contributed by atoms with Gasteiger partial charge in [0.05, 0.1) is 0 Å². The van der Waals surface area contributed by atoms with E-state index in [-0.39, 0.29) is 6.54 Å². The van der Waals surface area contributed by atoms with E-state index in [4.69, 9.17) is 5.11 Å². The molecule has 0 atom stereocenters. The molecule has 0 fully saturated rings. The first kappa shape index (κ1) is 13.7. The zero-order valence-electron chi connectivity index (χ0n) is 11.9. The molecule has 1 aromatic heterocycles. The van der Waals surface area contributed by atoms with Crippen LogP contribution >= 0.6 is 0 Å². The SMILES string of the molecule is CCCCc1cn(CC(=O)O)c2cc(C)c(C)cc12. The largest absolute Gasteiger partial charge is 0.480 e. The third kappa shape index (κ3) is 2.80. The highest BCUT2D eigenvalue weighted by atomic mass is 16.4. The zero-order chi connectivity index (χ0) is 14.0. The summed E-state index contributed by atoms with van der Waals surface area (Å²) in [5.74, 6) is -0.794. The molecule has 1 N–H and O–H groups in total. The van der Waals surface area contributed by atoms with E-state index in [9.17, 15) is 4.79 Å². The molecule has 2 aromatic rings. The van der Waals surface area contributed by atoms with Crippen LogP contribution in [-0.4, -0.2) is 15.6 Å². The van der Waals surface area contributed by atoms with Gasteiger partial charge < -0.3 is 9.67 Å². The minimum Gasteiger partial charge on any atom is -0.480 e. The summed E-state index contributed by atoms with van der Waals surface area (Å²) < 4.78 is 1.86. The van der Waals surface area contributed by atoms with Gasteiger partial charge in [-0.15, -0.1) is 0 Å². The number of aromatic nitrogens is 1. The van der Waals surface area contributed by atoms with Gasteiger partial charge >= 0.3 is 5.97 Å². The minimum atomic E-state index is -0.794. The van der Waals surface area contributed by atoms with Crippen molar-refractivity contribution in [2.45, 2.75) is 46.6 Å². The number of carbonyl (C=O) groups is 1. The standard InChI is InChI=1S/C16H21NO2/c1-4-5-6-13-9-17(10-16(18)19)15-8-12(3)11(2)7-14(13)15/h7-9H,4-6,10H2,1-3H3,(H,18,19). The van der Waals surface area contributed by atoms with E-state index < -0.39 is 5.97 Å². The van der Waals surface area contributed by atoms with Gasteiger partial charge in [0.15, 0.2) is 0 Å². The average Bonchev–Trinajstić information content (AvgIpc) is 2.65. The van der Waals surface area contributed by atoms with Gasteiger partial charge in [0, 0.05) is 17.1 Å². The van der Waals surface area contributed by atoms with Crippen molar-refractivity contribution in [3.63, 3.8) is 0 Å². The van der Waals surface area contributed by atoms with Gasteiger partial charge in [-0.25, -0.2) is 0 Å². The first-order valence-corrected chi connectivity index (χ1v) is 6.83. The highest BCUT2D eigenvalue weighted by Gasteiger charge is 2.11. The van der Waals surface area contributed by atoms with E-state index in [1.54, 1.807) is 0 Å². The smallest absolute Gasteiger partial charge is 0.323 e. The van der Waals surface area contributed by atoms with Crippen LogP contribution < -0.4 is 0 Å². The van der Waals surface area contributed by atoms with Crippen molar-refractivity contribution >= 4 is 16.9 Å². The van der Waals surface area contributed by atoms with Crippen LogP contribution in [0.2, 0.25) is 0 Å². The topological polar surface area (TPSA) is 42.2 Å². The Morgan fingerprint density at radius 1 is 1.26 bits per heavy atom. The molecule has 102 valence electrons. The lowest BCUT2D eigenvalue weighted by Gasteiger charge is -2.04. The number of rotatable bonds is 5. The second kappa shape index (κ2) is 5.47. The molecule has 0 radical (unpaired) electrons. The molecule has 1 aromatic carbocycles. The molecule has 0 saturated heterocycles. The average molecular weight is 259 g/mol. The van der Waals surface area contributed by atoms with Crippen LogP contribution in [0.5, 0.6) is 0 Å². The Bertz CT molecular complexity index is 611. The lowest BCUT2D eigenvalue weighted by molar-refractivity contribution is -0.137. The molecule has 0 unspecified atom stereocenters. The summed E-state index contributed by atoms with van der Waals surface area (Å²) in [7, 11) is 0. The summed E-state index contributed by atoms with van der Waals surface area (Å²) in [5.41, 5.74) is 4.77. The molecular weight excluding hydrogens is 238 g/mol. The lowest BCUT2D eigenvalue weighted by Crippen LogP contribution is -2.07. The third-order valence-corrected chi connectivity index (χ3v) is 3.68. The van der Waals surface area contributed by atoms with E-state index in [0.717, 1.165) is 24.8 Å². The summed E-state index contributed by atoms with van der Waals surface area (Å²) >= 11 is 0. The Kier molecular flexibility index (Phi) is 3.93. The molecule has 0 bridgehead atoms. The van der Waals surface area contributed by atoms with Gasteiger partial charge in [0.2, 0.25) is 0 Å². The first-order valence-electron chi connectivity index (χ1n) is 6.83. The highest BCUT2D eigenvalue weighted by Crippen LogP contribution is 2.26. The second-order valence-corrected chi connectivity index (χ2v) is 5.23. The summed E-state index contributed by atoms with van der Waals surface area (Å²) in [6, 6.07) is 4.29. The van der Waals surface area contributed by atoms with Crippen LogP contribution in [0.4, 0.5) is 0 Å². The number of fused-ring (bicyclic) bond motifs is 1. The van der Waals surface area contributed by atoms with Crippen LogP contribution in [0.1, 0.15) is 36.5 Å². The van der Waals surface area contributed by atoms with Crippen LogP contribution in [0.15, 0.2) is 18.3 Å². The quantitative estimate of drug-likeness (QED) is 0.890. The van der Waals surface area contributed by atoms with Crippen LogP contribution in [0.25, 0.3) is 10.9 Å². The Labute approximate surface area is 113 Å². The summed E-state index contributed by atoms with van der Waals surface area (Å²) in [6.07, 6.45) is 5.31. The zero-order valence-corrected chi connectivity index (χ0v) is 11.9. The molecular formula is C16H21NO2. The molecule has 3 nitrogen and oxygen atoms in total. The van der Waals surface area contributed by atoms with Crippen molar-refractivity contribution in [3.05, 3.63) is 35.0 Å². The molecule has 3 heteroatoms. The first-order chi connectivity index (χ1) is 9.02. The van der Waals surface area contributed by atoms with E-state index in [2.05, 4.69) is 32.9 Å². The number of nitrogens with zero attached hydrogens (tertiary/aromatic N) is 1. The fraction of sp³-hybridized carbons (Fsp3) is 0.438. The Morgan fingerprint density at radius 2 is 1.95 bits per heavy atom. The maximum Gasteiger partial charge on any atom is 0.323 e. The number of hydrogen-bond donors (Lipinski definition) is 1. The van der Waals surface area contributed by atoms with Gasteiger partial charge in [0.25, 0.3) is 0 Å². The number of unbranched alkanes of at least 4 members (excludes halogenated alkanes) is 1. The van der Waals surface area contributed by atoms with Crippen molar-refractivity contribution in [1.29, 1.82) is 0 Å². The molecule has 19 heavy (non-hydrogen) atoms. The van der Waals surface area contributed by atoms with Gasteiger partial charge in [-0.3, -0.25) is 4.79 Å². The fourth-order valence-corrected chi connectivity index (χ4v) is 2.47. The van der Waals surface area contributed by atoms with Crippen molar-refractivity contribution < 1.29 is 9.90 Å². The van der Waals surface area contributed by atoms with Gasteiger partial charge in [-0.2, -0.15) is 0 Å². The van der Waals surface area contributed by atoms with Gasteiger partial charge in [0.1, 0.15) is 6.54 Å². The third-order valence-electron chi connectivity index (χ3n) is 3.68. The van der Waals surface area contributed by atoms with Crippen molar-refractivity contribution in [1.82, 2.24) is 4.57 Å². The van der Waals surface area contributed by atoms with Crippen molar-refractivity contribution in [3.8, 4) is 0 Å².